The lowest BCUT2D eigenvalue weighted by Crippen LogP contribution is -2.15. The van der Waals surface area contributed by atoms with E-state index in [4.69, 9.17) is 9.84 Å². The summed E-state index contributed by atoms with van der Waals surface area (Å²) in [6, 6.07) is 15.1. The van der Waals surface area contributed by atoms with E-state index >= 15 is 0 Å². The first-order valence-electron chi connectivity index (χ1n) is 11.5. The average Bonchev–Trinajstić information content (AvgIpc) is 2.85. The molecule has 3 aromatic carbocycles. The molecular weight excluding hydrogens is 425 g/mol. The van der Waals surface area contributed by atoms with Gasteiger partial charge >= 0.3 is 0 Å². The van der Waals surface area contributed by atoms with Crippen LogP contribution < -0.4 is 4.74 Å². The number of rotatable bonds is 7. The van der Waals surface area contributed by atoms with Crippen LogP contribution in [0, 0.1) is 23.4 Å². The first-order chi connectivity index (χ1) is 16.0. The van der Waals surface area contributed by atoms with Crippen molar-refractivity contribution in [3.8, 4) is 16.9 Å². The summed E-state index contributed by atoms with van der Waals surface area (Å²) in [7, 11) is 1.52. The summed E-state index contributed by atoms with van der Waals surface area (Å²) < 4.78 is 49.1. The molecule has 0 radical (unpaired) electrons. The number of benzene rings is 3. The first kappa shape index (κ1) is 23.4. The largest absolute Gasteiger partial charge is 0.497 e. The fourth-order valence-electron chi connectivity index (χ4n) is 4.87. The normalized spacial score (nSPS) is 18.3. The number of aliphatic hydroxyl groups is 1. The quantitative estimate of drug-likeness (QED) is 0.410. The predicted molar refractivity (Wildman–Crippen MR) is 124 cm³/mol. The maximum Gasteiger partial charge on any atom is 0.166 e. The summed E-state index contributed by atoms with van der Waals surface area (Å²) in [4.78, 5) is 0. The summed E-state index contributed by atoms with van der Waals surface area (Å²) in [5.74, 6) is -0.853. The van der Waals surface area contributed by atoms with E-state index in [1.807, 2.05) is 0 Å². The highest BCUT2D eigenvalue weighted by atomic mass is 19.2. The van der Waals surface area contributed by atoms with Crippen molar-refractivity contribution in [1.82, 2.24) is 0 Å². The first-order valence-corrected chi connectivity index (χ1v) is 11.5. The van der Waals surface area contributed by atoms with Gasteiger partial charge in [0.25, 0.3) is 0 Å². The van der Waals surface area contributed by atoms with E-state index in [-0.39, 0.29) is 23.9 Å². The molecule has 4 rings (SSSR count). The molecule has 174 valence electrons. The monoisotopic (exact) mass is 454 g/mol. The van der Waals surface area contributed by atoms with Crippen LogP contribution in [0.4, 0.5) is 13.2 Å². The number of aryl methyl sites for hydroxylation is 1. The Morgan fingerprint density at radius 1 is 0.879 bits per heavy atom. The predicted octanol–water partition coefficient (Wildman–Crippen LogP) is 7.18. The van der Waals surface area contributed by atoms with E-state index in [1.54, 1.807) is 48.5 Å². The van der Waals surface area contributed by atoms with Crippen molar-refractivity contribution < 1.29 is 23.0 Å². The smallest absolute Gasteiger partial charge is 0.166 e. The van der Waals surface area contributed by atoms with Crippen LogP contribution in [-0.2, 0) is 13.0 Å². The van der Waals surface area contributed by atoms with Gasteiger partial charge in [-0.3, -0.25) is 0 Å². The molecule has 0 aliphatic heterocycles. The van der Waals surface area contributed by atoms with E-state index in [9.17, 15) is 13.2 Å². The van der Waals surface area contributed by atoms with Crippen LogP contribution in [0.2, 0.25) is 0 Å². The topological polar surface area (TPSA) is 29.5 Å². The Labute approximate surface area is 193 Å². The van der Waals surface area contributed by atoms with Gasteiger partial charge in [0.15, 0.2) is 11.6 Å². The van der Waals surface area contributed by atoms with Crippen LogP contribution in [0.25, 0.3) is 11.1 Å². The molecule has 1 aliphatic rings. The van der Waals surface area contributed by atoms with Gasteiger partial charge in [-0.05, 0) is 78.7 Å². The van der Waals surface area contributed by atoms with E-state index in [2.05, 4.69) is 0 Å². The van der Waals surface area contributed by atoms with Gasteiger partial charge in [0.05, 0.1) is 13.7 Å². The van der Waals surface area contributed by atoms with Crippen molar-refractivity contribution in [3.63, 3.8) is 0 Å². The number of hydrogen-bond donors (Lipinski definition) is 1. The Hall–Kier alpha value is -2.79. The molecule has 1 aliphatic carbocycles. The van der Waals surface area contributed by atoms with Gasteiger partial charge in [0.2, 0.25) is 0 Å². The van der Waals surface area contributed by atoms with Crippen molar-refractivity contribution in [2.45, 2.75) is 51.0 Å². The molecular formula is C28H29F3O2. The third kappa shape index (κ3) is 5.25. The molecule has 2 nitrogen and oxygen atoms in total. The second kappa shape index (κ2) is 10.4. The van der Waals surface area contributed by atoms with Gasteiger partial charge in [-0.1, -0.05) is 42.5 Å². The van der Waals surface area contributed by atoms with Crippen molar-refractivity contribution in [1.29, 1.82) is 0 Å². The summed E-state index contributed by atoms with van der Waals surface area (Å²) >= 11 is 0. The van der Waals surface area contributed by atoms with Crippen molar-refractivity contribution >= 4 is 0 Å². The number of aliphatic hydroxyl groups excluding tert-OH is 1. The molecule has 0 atom stereocenters. The Bertz CT molecular complexity index is 1090. The van der Waals surface area contributed by atoms with E-state index in [1.165, 1.54) is 13.2 Å². The van der Waals surface area contributed by atoms with Gasteiger partial charge in [-0.15, -0.1) is 0 Å². The zero-order chi connectivity index (χ0) is 23.4. The standard InChI is InChI=1S/C28H29F3O2/c1-33-23-13-12-22(26(29)16-23)11-4-18-2-7-20(8-3-18)24-14-15-25(28(31)27(24)30)21-9-5-19(17-32)6-10-21/h5-6,9-10,12-16,18,20,32H,2-4,7-8,11,17H2,1H3. The molecule has 1 N–H and O–H groups in total. The van der Waals surface area contributed by atoms with Crippen LogP contribution in [-0.4, -0.2) is 12.2 Å². The number of methoxy groups -OCH3 is 1. The molecule has 0 saturated heterocycles. The zero-order valence-corrected chi connectivity index (χ0v) is 18.8. The maximum absolute atomic E-state index is 15.0. The third-order valence-electron chi connectivity index (χ3n) is 6.93. The second-order valence-corrected chi connectivity index (χ2v) is 8.90. The molecule has 1 saturated carbocycles. The average molecular weight is 455 g/mol. The zero-order valence-electron chi connectivity index (χ0n) is 18.8. The highest BCUT2D eigenvalue weighted by Gasteiger charge is 2.26. The van der Waals surface area contributed by atoms with Gasteiger partial charge in [0, 0.05) is 11.6 Å². The maximum atomic E-state index is 15.0. The number of ether oxygens (including phenoxy) is 1. The lowest BCUT2D eigenvalue weighted by atomic mass is 9.76. The fourth-order valence-corrected chi connectivity index (χ4v) is 4.87. The van der Waals surface area contributed by atoms with Gasteiger partial charge in [-0.2, -0.15) is 0 Å². The molecule has 0 heterocycles. The summed E-state index contributed by atoms with van der Waals surface area (Å²) in [6.45, 7) is -0.0895. The fraction of sp³-hybridized carbons (Fsp3) is 0.357. The molecule has 33 heavy (non-hydrogen) atoms. The lowest BCUT2D eigenvalue weighted by Gasteiger charge is -2.29. The Morgan fingerprint density at radius 2 is 1.61 bits per heavy atom. The van der Waals surface area contributed by atoms with Gasteiger partial charge < -0.3 is 9.84 Å². The molecule has 0 bridgehead atoms. The highest BCUT2D eigenvalue weighted by molar-refractivity contribution is 5.65. The van der Waals surface area contributed by atoms with Crippen LogP contribution in [0.1, 0.15) is 54.7 Å². The van der Waals surface area contributed by atoms with Crippen LogP contribution in [0.15, 0.2) is 54.6 Å². The minimum atomic E-state index is -0.818. The van der Waals surface area contributed by atoms with Crippen LogP contribution in [0.5, 0.6) is 5.75 Å². The molecule has 0 amide bonds. The van der Waals surface area contributed by atoms with Crippen molar-refractivity contribution in [3.05, 3.63) is 88.7 Å². The SMILES string of the molecule is COc1ccc(CCC2CCC(c3ccc(-c4ccc(CO)cc4)c(F)c3F)CC2)c(F)c1. The summed E-state index contributed by atoms with van der Waals surface area (Å²) in [6.07, 6.45) is 5.00. The van der Waals surface area contributed by atoms with Gasteiger partial charge in [-0.25, -0.2) is 13.2 Å². The van der Waals surface area contributed by atoms with Crippen molar-refractivity contribution in [2.24, 2.45) is 5.92 Å². The molecule has 1 fully saturated rings. The van der Waals surface area contributed by atoms with E-state index in [0.29, 0.717) is 34.8 Å². The molecule has 0 aromatic heterocycles. The minimum Gasteiger partial charge on any atom is -0.497 e. The lowest BCUT2D eigenvalue weighted by molar-refractivity contribution is 0.282. The van der Waals surface area contributed by atoms with Crippen LogP contribution in [0.3, 0.4) is 0 Å². The Balaban J connectivity index is 1.37. The third-order valence-corrected chi connectivity index (χ3v) is 6.93. The Kier molecular flexibility index (Phi) is 7.39. The minimum absolute atomic E-state index is 0.000660. The summed E-state index contributed by atoms with van der Waals surface area (Å²) in [5.41, 5.74) is 2.68. The van der Waals surface area contributed by atoms with E-state index < -0.39 is 11.6 Å². The number of hydrogen-bond acceptors (Lipinski definition) is 2. The molecule has 5 heteroatoms. The molecule has 0 unspecified atom stereocenters. The Morgan fingerprint density at radius 3 is 2.24 bits per heavy atom. The second-order valence-electron chi connectivity index (χ2n) is 8.90. The number of halogens is 3. The highest BCUT2D eigenvalue weighted by Crippen LogP contribution is 2.40. The van der Waals surface area contributed by atoms with Crippen LogP contribution >= 0.6 is 0 Å². The van der Waals surface area contributed by atoms with E-state index in [0.717, 1.165) is 37.7 Å². The summed E-state index contributed by atoms with van der Waals surface area (Å²) in [5, 5.41) is 9.16. The molecule has 0 spiro atoms. The molecule has 3 aromatic rings. The van der Waals surface area contributed by atoms with Gasteiger partial charge in [0.1, 0.15) is 11.6 Å². The van der Waals surface area contributed by atoms with Crippen molar-refractivity contribution in [2.75, 3.05) is 7.11 Å².